The van der Waals surface area contributed by atoms with Crippen molar-refractivity contribution in [1.29, 1.82) is 0 Å². The molecule has 0 bridgehead atoms. The number of ether oxygens (including phenoxy) is 1. The summed E-state index contributed by atoms with van der Waals surface area (Å²) >= 11 is 0. The number of aromatic nitrogens is 1. The van der Waals surface area contributed by atoms with E-state index in [1.807, 2.05) is 0 Å². The number of halogens is 3. The number of hydrogen-bond acceptors (Lipinski definition) is 2. The molecule has 0 aliphatic heterocycles. The molecular formula is C15H14F3NO2. The molecule has 2 aromatic rings. The number of aryl methyl sites for hydroxylation is 1. The van der Waals surface area contributed by atoms with Crippen molar-refractivity contribution in [2.45, 2.75) is 31.9 Å². The third kappa shape index (κ3) is 2.75. The van der Waals surface area contributed by atoms with E-state index in [4.69, 9.17) is 4.74 Å². The van der Waals surface area contributed by atoms with Crippen LogP contribution in [0.2, 0.25) is 0 Å². The number of pyridine rings is 1. The summed E-state index contributed by atoms with van der Waals surface area (Å²) in [7, 11) is 0. The Bertz CT molecular complexity index is 734. The highest BCUT2D eigenvalue weighted by Crippen LogP contribution is 2.27. The first kappa shape index (κ1) is 14.0. The second-order valence-electron chi connectivity index (χ2n) is 5.20. The molecule has 0 unspecified atom stereocenters. The maximum atomic E-state index is 12.4. The molecule has 6 heteroatoms. The molecule has 0 saturated carbocycles. The van der Waals surface area contributed by atoms with Gasteiger partial charge in [-0.25, -0.2) is 0 Å². The van der Waals surface area contributed by atoms with Crippen molar-refractivity contribution >= 4 is 10.9 Å². The molecule has 0 fully saturated rings. The van der Waals surface area contributed by atoms with Crippen LogP contribution in [0, 0.1) is 0 Å². The van der Waals surface area contributed by atoms with Gasteiger partial charge in [-0.15, -0.1) is 0 Å². The third-order valence-electron chi connectivity index (χ3n) is 3.68. The minimum Gasteiger partial charge on any atom is -0.482 e. The Morgan fingerprint density at radius 2 is 1.95 bits per heavy atom. The van der Waals surface area contributed by atoms with Crippen LogP contribution in [0.25, 0.3) is 10.9 Å². The lowest BCUT2D eigenvalue weighted by molar-refractivity contribution is -0.153. The predicted octanol–water partition coefficient (Wildman–Crippen LogP) is 3.35. The maximum absolute atomic E-state index is 12.4. The van der Waals surface area contributed by atoms with Gasteiger partial charge in [0.05, 0.1) is 5.52 Å². The fourth-order valence-corrected chi connectivity index (χ4v) is 2.74. The van der Waals surface area contributed by atoms with E-state index in [9.17, 15) is 18.0 Å². The number of fused-ring (bicyclic) bond motifs is 2. The molecule has 21 heavy (non-hydrogen) atoms. The first-order valence-electron chi connectivity index (χ1n) is 6.82. The second kappa shape index (κ2) is 5.09. The minimum atomic E-state index is -4.41. The standard InChI is InChI=1S/C15H14F3NO2/c16-15(17,18)8-21-12-7-3-5-10-13(12)19-11-6-2-1-4-9(11)14(10)20/h3,5,7H,1-2,4,6,8H2,(H,19,20). The van der Waals surface area contributed by atoms with Gasteiger partial charge in [0.15, 0.2) is 12.0 Å². The Hall–Kier alpha value is -1.98. The van der Waals surface area contributed by atoms with Gasteiger partial charge in [-0.05, 0) is 37.8 Å². The Balaban J connectivity index is 2.10. The fraction of sp³-hybridized carbons (Fsp3) is 0.400. The van der Waals surface area contributed by atoms with Crippen LogP contribution in [0.1, 0.15) is 24.1 Å². The lowest BCUT2D eigenvalue weighted by Gasteiger charge is -2.17. The van der Waals surface area contributed by atoms with E-state index in [1.54, 1.807) is 12.1 Å². The van der Waals surface area contributed by atoms with E-state index in [0.29, 0.717) is 17.3 Å². The van der Waals surface area contributed by atoms with Gasteiger partial charge in [-0.2, -0.15) is 13.2 Å². The van der Waals surface area contributed by atoms with Gasteiger partial charge in [0.1, 0.15) is 5.75 Å². The summed E-state index contributed by atoms with van der Waals surface area (Å²) < 4.78 is 41.7. The Morgan fingerprint density at radius 1 is 1.19 bits per heavy atom. The predicted molar refractivity (Wildman–Crippen MR) is 72.8 cm³/mol. The van der Waals surface area contributed by atoms with Crippen LogP contribution in [-0.4, -0.2) is 17.8 Å². The van der Waals surface area contributed by atoms with Crippen LogP contribution in [-0.2, 0) is 12.8 Å². The SMILES string of the molecule is O=c1c2c([nH]c3c(OCC(F)(F)F)cccc13)CCCC2. The minimum absolute atomic E-state index is 0.0651. The number of para-hydroxylation sites is 1. The molecule has 0 atom stereocenters. The van der Waals surface area contributed by atoms with E-state index in [2.05, 4.69) is 4.98 Å². The topological polar surface area (TPSA) is 42.1 Å². The van der Waals surface area contributed by atoms with Gasteiger partial charge in [-0.3, -0.25) is 4.79 Å². The van der Waals surface area contributed by atoms with Gasteiger partial charge < -0.3 is 9.72 Å². The number of aromatic amines is 1. The average molecular weight is 297 g/mol. The molecule has 0 spiro atoms. The van der Waals surface area contributed by atoms with Gasteiger partial charge >= 0.3 is 6.18 Å². The maximum Gasteiger partial charge on any atom is 0.422 e. The highest BCUT2D eigenvalue weighted by atomic mass is 19.4. The monoisotopic (exact) mass is 297 g/mol. The molecule has 1 aromatic carbocycles. The zero-order valence-corrected chi connectivity index (χ0v) is 11.2. The number of alkyl halides is 3. The first-order valence-corrected chi connectivity index (χ1v) is 6.82. The van der Waals surface area contributed by atoms with Crippen molar-refractivity contribution in [3.63, 3.8) is 0 Å². The van der Waals surface area contributed by atoms with E-state index < -0.39 is 12.8 Å². The van der Waals surface area contributed by atoms with Crippen molar-refractivity contribution in [3.05, 3.63) is 39.7 Å². The third-order valence-corrected chi connectivity index (χ3v) is 3.68. The smallest absolute Gasteiger partial charge is 0.422 e. The largest absolute Gasteiger partial charge is 0.482 e. The van der Waals surface area contributed by atoms with Crippen molar-refractivity contribution < 1.29 is 17.9 Å². The van der Waals surface area contributed by atoms with Crippen LogP contribution in [0.15, 0.2) is 23.0 Å². The number of H-pyrrole nitrogens is 1. The Kier molecular flexibility index (Phi) is 3.39. The van der Waals surface area contributed by atoms with Gasteiger partial charge in [0.2, 0.25) is 0 Å². The summed E-state index contributed by atoms with van der Waals surface area (Å²) in [6.45, 7) is -1.37. The summed E-state index contributed by atoms with van der Waals surface area (Å²) in [6, 6.07) is 4.60. The highest BCUT2D eigenvalue weighted by molar-refractivity contribution is 5.85. The van der Waals surface area contributed by atoms with E-state index in [0.717, 1.165) is 30.5 Å². The van der Waals surface area contributed by atoms with E-state index in [-0.39, 0.29) is 11.2 Å². The van der Waals surface area contributed by atoms with Crippen LogP contribution in [0.4, 0.5) is 13.2 Å². The lowest BCUT2D eigenvalue weighted by atomic mass is 9.94. The highest BCUT2D eigenvalue weighted by Gasteiger charge is 2.29. The van der Waals surface area contributed by atoms with E-state index in [1.165, 1.54) is 6.07 Å². The molecule has 1 aliphatic rings. The van der Waals surface area contributed by atoms with Gasteiger partial charge in [-0.1, -0.05) is 6.07 Å². The molecule has 112 valence electrons. The molecular weight excluding hydrogens is 283 g/mol. The Labute approximate surface area is 118 Å². The van der Waals surface area contributed by atoms with Gasteiger partial charge in [0.25, 0.3) is 0 Å². The van der Waals surface area contributed by atoms with Crippen LogP contribution in [0.5, 0.6) is 5.75 Å². The summed E-state index contributed by atoms with van der Waals surface area (Å²) in [4.78, 5) is 15.5. The summed E-state index contributed by atoms with van der Waals surface area (Å²) in [5, 5.41) is 0.385. The normalized spacial score (nSPS) is 15.0. The van der Waals surface area contributed by atoms with Crippen molar-refractivity contribution in [3.8, 4) is 5.75 Å². The van der Waals surface area contributed by atoms with Crippen LogP contribution >= 0.6 is 0 Å². The number of rotatable bonds is 2. The molecule has 3 rings (SSSR count). The quantitative estimate of drug-likeness (QED) is 0.923. The molecule has 0 amide bonds. The van der Waals surface area contributed by atoms with Crippen molar-refractivity contribution in [2.75, 3.05) is 6.61 Å². The lowest BCUT2D eigenvalue weighted by Crippen LogP contribution is -2.21. The van der Waals surface area contributed by atoms with E-state index >= 15 is 0 Å². The summed E-state index contributed by atoms with van der Waals surface area (Å²) in [5.41, 5.74) is 1.83. The summed E-state index contributed by atoms with van der Waals surface area (Å²) in [5.74, 6) is 0.0651. The average Bonchev–Trinajstić information content (AvgIpc) is 2.45. The molecule has 3 nitrogen and oxygen atoms in total. The molecule has 1 aliphatic carbocycles. The molecule has 0 radical (unpaired) electrons. The molecule has 0 saturated heterocycles. The zero-order chi connectivity index (χ0) is 15.0. The zero-order valence-electron chi connectivity index (χ0n) is 11.2. The fourth-order valence-electron chi connectivity index (χ4n) is 2.74. The summed E-state index contributed by atoms with van der Waals surface area (Å²) in [6.07, 6.45) is -1.01. The first-order chi connectivity index (χ1) is 9.96. The Morgan fingerprint density at radius 3 is 2.71 bits per heavy atom. The number of nitrogens with one attached hydrogen (secondary N) is 1. The van der Waals surface area contributed by atoms with Crippen molar-refractivity contribution in [2.24, 2.45) is 0 Å². The number of hydrogen-bond donors (Lipinski definition) is 1. The molecule has 1 N–H and O–H groups in total. The second-order valence-corrected chi connectivity index (χ2v) is 5.20. The van der Waals surface area contributed by atoms with Crippen LogP contribution in [0.3, 0.4) is 0 Å². The van der Waals surface area contributed by atoms with Gasteiger partial charge in [0, 0.05) is 16.6 Å². The van der Waals surface area contributed by atoms with Crippen LogP contribution < -0.4 is 10.2 Å². The van der Waals surface area contributed by atoms with Crippen molar-refractivity contribution in [1.82, 2.24) is 4.98 Å². The molecule has 1 heterocycles. The number of benzene rings is 1. The molecule has 1 aromatic heterocycles.